The Morgan fingerprint density at radius 1 is 1.33 bits per heavy atom. The van der Waals surface area contributed by atoms with Crippen molar-refractivity contribution in [2.24, 2.45) is 0 Å². The van der Waals surface area contributed by atoms with Crippen LogP contribution in [0.5, 0.6) is 0 Å². The van der Waals surface area contributed by atoms with Gasteiger partial charge in [-0.2, -0.15) is 5.26 Å². The molecule has 0 aliphatic heterocycles. The summed E-state index contributed by atoms with van der Waals surface area (Å²) in [4.78, 5) is 13.7. The smallest absolute Gasteiger partial charge is 0.256 e. The topological polar surface area (TPSA) is 52.9 Å². The quantitative estimate of drug-likeness (QED) is 0.911. The van der Waals surface area contributed by atoms with Gasteiger partial charge >= 0.3 is 0 Å². The predicted molar refractivity (Wildman–Crippen MR) is 84.9 cm³/mol. The van der Waals surface area contributed by atoms with Crippen molar-refractivity contribution in [2.75, 3.05) is 5.32 Å². The van der Waals surface area contributed by atoms with E-state index < -0.39 is 0 Å². The second-order valence-corrected chi connectivity index (χ2v) is 6.55. The lowest BCUT2D eigenvalue weighted by Crippen LogP contribution is -2.13. The summed E-state index contributed by atoms with van der Waals surface area (Å²) in [5, 5.41) is 13.0. The number of carbonyl (C=O) groups is 1. The minimum absolute atomic E-state index is 0.135. The number of nitriles is 1. The molecule has 1 aromatic heterocycles. The zero-order valence-electron chi connectivity index (χ0n) is 12.1. The summed E-state index contributed by atoms with van der Waals surface area (Å²) in [6, 6.07) is 8.02. The summed E-state index contributed by atoms with van der Waals surface area (Å²) >= 11 is 1.55. The molecule has 3 nitrogen and oxygen atoms in total. The first-order valence-corrected chi connectivity index (χ1v) is 7.85. The highest BCUT2D eigenvalue weighted by molar-refractivity contribution is 7.16. The normalized spacial score (nSPS) is 12.8. The molecule has 21 heavy (non-hydrogen) atoms. The zero-order chi connectivity index (χ0) is 15.0. The summed E-state index contributed by atoms with van der Waals surface area (Å²) in [5.41, 5.74) is 4.55. The maximum Gasteiger partial charge on any atom is 0.256 e. The molecule has 0 fully saturated rings. The van der Waals surface area contributed by atoms with E-state index in [1.807, 2.05) is 32.0 Å². The molecular formula is C17H16N2OS. The van der Waals surface area contributed by atoms with Crippen molar-refractivity contribution in [1.82, 2.24) is 0 Å². The second-order valence-electron chi connectivity index (χ2n) is 5.45. The molecule has 1 amide bonds. The molecule has 106 valence electrons. The highest BCUT2D eigenvalue weighted by Gasteiger charge is 2.23. The SMILES string of the molecule is Cc1ccc(C(=O)Nc2sc3c(c2C#N)CCC3)c(C)c1. The minimum Gasteiger partial charge on any atom is -0.312 e. The van der Waals surface area contributed by atoms with Gasteiger partial charge in [-0.3, -0.25) is 4.79 Å². The first-order chi connectivity index (χ1) is 10.1. The van der Waals surface area contributed by atoms with E-state index in [9.17, 15) is 10.1 Å². The third kappa shape index (κ3) is 2.45. The number of rotatable bonds is 2. The molecule has 0 spiro atoms. The lowest BCUT2D eigenvalue weighted by atomic mass is 10.1. The number of carbonyl (C=O) groups excluding carboxylic acids is 1. The molecule has 3 rings (SSSR count). The van der Waals surface area contributed by atoms with Crippen molar-refractivity contribution in [3.63, 3.8) is 0 Å². The van der Waals surface area contributed by atoms with Crippen LogP contribution in [-0.2, 0) is 12.8 Å². The fraction of sp³-hybridized carbons (Fsp3) is 0.294. The van der Waals surface area contributed by atoms with Crippen LogP contribution >= 0.6 is 11.3 Å². The van der Waals surface area contributed by atoms with E-state index in [1.165, 1.54) is 4.88 Å². The summed E-state index contributed by atoms with van der Waals surface area (Å²) < 4.78 is 0. The Balaban J connectivity index is 1.91. The maximum atomic E-state index is 12.4. The fourth-order valence-electron chi connectivity index (χ4n) is 2.85. The largest absolute Gasteiger partial charge is 0.312 e. The standard InChI is InChI=1S/C17H16N2OS/c1-10-6-7-12(11(2)8-10)16(20)19-17-14(9-18)13-4-3-5-15(13)21-17/h6-8H,3-5H2,1-2H3,(H,19,20). The first kappa shape index (κ1) is 13.8. The highest BCUT2D eigenvalue weighted by Crippen LogP contribution is 2.38. The van der Waals surface area contributed by atoms with Crippen LogP contribution in [0.25, 0.3) is 0 Å². The minimum atomic E-state index is -0.135. The summed E-state index contributed by atoms with van der Waals surface area (Å²) in [7, 11) is 0. The van der Waals surface area contributed by atoms with Gasteiger partial charge in [-0.05, 0) is 50.3 Å². The van der Waals surface area contributed by atoms with Crippen molar-refractivity contribution >= 4 is 22.2 Å². The molecule has 1 heterocycles. The van der Waals surface area contributed by atoms with Gasteiger partial charge in [0.25, 0.3) is 5.91 Å². The molecule has 1 aliphatic rings. The van der Waals surface area contributed by atoms with E-state index >= 15 is 0 Å². The van der Waals surface area contributed by atoms with Gasteiger partial charge in [-0.1, -0.05) is 17.7 Å². The number of hydrogen-bond donors (Lipinski definition) is 1. The van der Waals surface area contributed by atoms with Crippen LogP contribution in [0.3, 0.4) is 0 Å². The monoisotopic (exact) mass is 296 g/mol. The van der Waals surface area contributed by atoms with E-state index in [2.05, 4.69) is 11.4 Å². The Bertz CT molecular complexity index is 768. The van der Waals surface area contributed by atoms with E-state index in [-0.39, 0.29) is 5.91 Å². The van der Waals surface area contributed by atoms with E-state index in [0.29, 0.717) is 16.1 Å². The predicted octanol–water partition coefficient (Wildman–Crippen LogP) is 3.98. The van der Waals surface area contributed by atoms with Crippen molar-refractivity contribution < 1.29 is 4.79 Å². The van der Waals surface area contributed by atoms with E-state index in [0.717, 1.165) is 36.0 Å². The number of aryl methyl sites for hydroxylation is 3. The van der Waals surface area contributed by atoms with Gasteiger partial charge in [0.1, 0.15) is 11.1 Å². The van der Waals surface area contributed by atoms with Gasteiger partial charge in [0.2, 0.25) is 0 Å². The van der Waals surface area contributed by atoms with Gasteiger partial charge in [-0.25, -0.2) is 0 Å². The van der Waals surface area contributed by atoms with Crippen molar-refractivity contribution in [3.05, 3.63) is 50.9 Å². The number of fused-ring (bicyclic) bond motifs is 1. The number of nitrogens with one attached hydrogen (secondary N) is 1. The molecule has 1 aromatic carbocycles. The number of thiophene rings is 1. The number of amides is 1. The van der Waals surface area contributed by atoms with E-state index in [1.54, 1.807) is 11.3 Å². The van der Waals surface area contributed by atoms with Crippen LogP contribution in [0.15, 0.2) is 18.2 Å². The molecule has 0 radical (unpaired) electrons. The van der Waals surface area contributed by atoms with Gasteiger partial charge < -0.3 is 5.32 Å². The number of benzene rings is 1. The van der Waals surface area contributed by atoms with Crippen LogP contribution in [0.1, 0.15) is 43.9 Å². The maximum absolute atomic E-state index is 12.4. The third-order valence-corrected chi connectivity index (χ3v) is 5.09. The Labute approximate surface area is 128 Å². The van der Waals surface area contributed by atoms with Gasteiger partial charge in [0.15, 0.2) is 0 Å². The molecule has 0 atom stereocenters. The van der Waals surface area contributed by atoms with E-state index in [4.69, 9.17) is 0 Å². The lowest BCUT2D eigenvalue weighted by molar-refractivity contribution is 0.102. The summed E-state index contributed by atoms with van der Waals surface area (Å²) in [5.74, 6) is -0.135. The number of hydrogen-bond acceptors (Lipinski definition) is 3. The highest BCUT2D eigenvalue weighted by atomic mass is 32.1. The molecule has 0 saturated carbocycles. The number of anilines is 1. The van der Waals surface area contributed by atoms with Crippen LogP contribution in [0.4, 0.5) is 5.00 Å². The zero-order valence-corrected chi connectivity index (χ0v) is 12.9. The average molecular weight is 296 g/mol. The third-order valence-electron chi connectivity index (χ3n) is 3.89. The first-order valence-electron chi connectivity index (χ1n) is 7.03. The molecular weight excluding hydrogens is 280 g/mol. The molecule has 0 unspecified atom stereocenters. The fourth-order valence-corrected chi connectivity index (χ4v) is 4.08. The molecule has 1 N–H and O–H groups in total. The Morgan fingerprint density at radius 2 is 2.14 bits per heavy atom. The molecule has 2 aromatic rings. The van der Waals surface area contributed by atoms with Crippen molar-refractivity contribution in [1.29, 1.82) is 5.26 Å². The van der Waals surface area contributed by atoms with Crippen LogP contribution in [0.2, 0.25) is 0 Å². The van der Waals surface area contributed by atoms with Crippen molar-refractivity contribution in [3.8, 4) is 6.07 Å². The second kappa shape index (κ2) is 5.34. The summed E-state index contributed by atoms with van der Waals surface area (Å²) in [6.45, 7) is 3.94. The lowest BCUT2D eigenvalue weighted by Gasteiger charge is -2.07. The van der Waals surface area contributed by atoms with Gasteiger partial charge in [-0.15, -0.1) is 11.3 Å². The van der Waals surface area contributed by atoms with Crippen molar-refractivity contribution in [2.45, 2.75) is 33.1 Å². The summed E-state index contributed by atoms with van der Waals surface area (Å²) in [6.07, 6.45) is 3.09. The van der Waals surface area contributed by atoms with Crippen LogP contribution in [-0.4, -0.2) is 5.91 Å². The Hall–Kier alpha value is -2.12. The molecule has 1 aliphatic carbocycles. The molecule has 4 heteroatoms. The van der Waals surface area contributed by atoms with Crippen LogP contribution < -0.4 is 5.32 Å². The van der Waals surface area contributed by atoms with Crippen LogP contribution in [0, 0.1) is 25.2 Å². The molecule has 0 saturated heterocycles. The average Bonchev–Trinajstić information content (AvgIpc) is 2.98. The van der Waals surface area contributed by atoms with Gasteiger partial charge in [0.05, 0.1) is 5.56 Å². The Kier molecular flexibility index (Phi) is 3.52. The van der Waals surface area contributed by atoms with Gasteiger partial charge in [0, 0.05) is 10.4 Å². The Morgan fingerprint density at radius 3 is 2.86 bits per heavy atom. The molecule has 0 bridgehead atoms. The number of nitrogens with zero attached hydrogens (tertiary/aromatic N) is 1.